The lowest BCUT2D eigenvalue weighted by molar-refractivity contribution is -0.126. The van der Waals surface area contributed by atoms with Crippen molar-refractivity contribution in [3.8, 4) is 0 Å². The summed E-state index contributed by atoms with van der Waals surface area (Å²) in [5.41, 5.74) is 0. The monoisotopic (exact) mass is 371 g/mol. The van der Waals surface area contributed by atoms with Crippen molar-refractivity contribution in [1.82, 2.24) is 15.5 Å². The van der Waals surface area contributed by atoms with Crippen molar-refractivity contribution in [3.63, 3.8) is 0 Å². The van der Waals surface area contributed by atoms with E-state index in [2.05, 4.69) is 10.6 Å². The molecule has 2 saturated heterocycles. The van der Waals surface area contributed by atoms with Gasteiger partial charge in [-0.05, 0) is 32.1 Å². The molecule has 1 aliphatic carbocycles. The van der Waals surface area contributed by atoms with Crippen molar-refractivity contribution in [2.24, 2.45) is 5.92 Å². The molecule has 2 heterocycles. The summed E-state index contributed by atoms with van der Waals surface area (Å²) in [5.74, 6) is 0.0375. The van der Waals surface area contributed by atoms with Crippen LogP contribution in [0.2, 0.25) is 0 Å². The van der Waals surface area contributed by atoms with Gasteiger partial charge in [-0.1, -0.05) is 19.3 Å². The van der Waals surface area contributed by atoms with Crippen LogP contribution in [-0.4, -0.2) is 61.9 Å². The fourth-order valence-corrected chi connectivity index (χ4v) is 5.76. The smallest absolute Gasteiger partial charge is 0.317 e. The summed E-state index contributed by atoms with van der Waals surface area (Å²) < 4.78 is 23.0. The second kappa shape index (κ2) is 7.93. The third-order valence-corrected chi connectivity index (χ3v) is 7.43. The van der Waals surface area contributed by atoms with Crippen molar-refractivity contribution in [1.29, 1.82) is 0 Å². The molecule has 3 fully saturated rings. The van der Waals surface area contributed by atoms with Crippen LogP contribution in [-0.2, 0) is 14.6 Å². The number of urea groups is 1. The zero-order valence-electron chi connectivity index (χ0n) is 14.7. The number of likely N-dealkylation sites (tertiary alicyclic amines) is 1. The molecule has 0 bridgehead atoms. The molecular weight excluding hydrogens is 342 g/mol. The summed E-state index contributed by atoms with van der Waals surface area (Å²) in [6.45, 7) is 1.17. The summed E-state index contributed by atoms with van der Waals surface area (Å²) in [6, 6.07) is 0.0457. The highest BCUT2D eigenvalue weighted by molar-refractivity contribution is 7.91. The van der Waals surface area contributed by atoms with E-state index < -0.39 is 9.84 Å². The Hall–Kier alpha value is -1.31. The average molecular weight is 372 g/mol. The first-order valence-corrected chi connectivity index (χ1v) is 11.3. The lowest BCUT2D eigenvalue weighted by atomic mass is 9.95. The molecule has 1 unspecified atom stereocenters. The molecule has 2 aliphatic heterocycles. The van der Waals surface area contributed by atoms with Gasteiger partial charge in [0.15, 0.2) is 9.84 Å². The molecule has 0 aromatic carbocycles. The van der Waals surface area contributed by atoms with E-state index in [1.165, 1.54) is 19.3 Å². The fourth-order valence-electron chi connectivity index (χ4n) is 4.09. The van der Waals surface area contributed by atoms with Gasteiger partial charge in [-0.25, -0.2) is 13.2 Å². The molecule has 3 aliphatic rings. The largest absolute Gasteiger partial charge is 0.352 e. The van der Waals surface area contributed by atoms with Gasteiger partial charge in [-0.15, -0.1) is 0 Å². The van der Waals surface area contributed by atoms with E-state index in [9.17, 15) is 18.0 Å². The maximum Gasteiger partial charge on any atom is 0.317 e. The van der Waals surface area contributed by atoms with E-state index >= 15 is 0 Å². The van der Waals surface area contributed by atoms with Crippen molar-refractivity contribution in [2.45, 2.75) is 63.5 Å². The lowest BCUT2D eigenvalue weighted by Crippen LogP contribution is -2.50. The van der Waals surface area contributed by atoms with Crippen LogP contribution >= 0.6 is 0 Å². The predicted octanol–water partition coefficient (Wildman–Crippen LogP) is 1.04. The highest BCUT2D eigenvalue weighted by Crippen LogP contribution is 2.21. The minimum Gasteiger partial charge on any atom is -0.352 e. The number of carbonyl (C=O) groups excluding carboxylic acids is 2. The Balaban J connectivity index is 1.40. The molecular formula is C17H29N3O4S. The molecule has 8 heteroatoms. The number of nitrogens with one attached hydrogen (secondary N) is 2. The quantitative estimate of drug-likeness (QED) is 0.775. The van der Waals surface area contributed by atoms with Crippen molar-refractivity contribution in [3.05, 3.63) is 0 Å². The van der Waals surface area contributed by atoms with E-state index in [0.29, 0.717) is 38.4 Å². The molecule has 2 N–H and O–H groups in total. The molecule has 0 spiro atoms. The molecule has 3 rings (SSSR count). The molecule has 142 valence electrons. The van der Waals surface area contributed by atoms with Gasteiger partial charge in [0.05, 0.1) is 11.5 Å². The molecule has 0 aromatic rings. The van der Waals surface area contributed by atoms with Gasteiger partial charge in [0.1, 0.15) is 0 Å². The summed E-state index contributed by atoms with van der Waals surface area (Å²) in [7, 11) is -2.98. The standard InChI is InChI=1S/C17H29N3O4S/c21-16(18-15-8-11-25(23,24)12-15)13-6-9-20(10-7-13)17(22)19-14-4-2-1-3-5-14/h13-15H,1-12H2,(H,18,21)(H,19,22). The number of hydrogen-bond donors (Lipinski definition) is 2. The Bertz CT molecular complexity index is 593. The van der Waals surface area contributed by atoms with Gasteiger partial charge in [0.2, 0.25) is 5.91 Å². The van der Waals surface area contributed by atoms with Crippen LogP contribution in [0.15, 0.2) is 0 Å². The van der Waals surface area contributed by atoms with Crippen LogP contribution in [0.25, 0.3) is 0 Å². The summed E-state index contributed by atoms with van der Waals surface area (Å²) >= 11 is 0. The molecule has 0 aromatic heterocycles. The minimum absolute atomic E-state index is 0.00681. The number of nitrogens with zero attached hydrogens (tertiary/aromatic N) is 1. The molecule has 1 atom stereocenters. The van der Waals surface area contributed by atoms with Crippen LogP contribution in [0.5, 0.6) is 0 Å². The summed E-state index contributed by atoms with van der Waals surface area (Å²) in [5, 5.41) is 6.00. The average Bonchev–Trinajstić information content (AvgIpc) is 2.94. The van der Waals surface area contributed by atoms with Crippen LogP contribution in [0.1, 0.15) is 51.4 Å². The SMILES string of the molecule is O=C(NC1CCS(=O)(=O)C1)C1CCN(C(=O)NC2CCCCC2)CC1. The number of amides is 3. The molecule has 0 radical (unpaired) electrons. The van der Waals surface area contributed by atoms with Gasteiger partial charge in [0.25, 0.3) is 0 Å². The Morgan fingerprint density at radius 1 is 0.840 bits per heavy atom. The van der Waals surface area contributed by atoms with E-state index in [1.807, 2.05) is 0 Å². The summed E-state index contributed by atoms with van der Waals surface area (Å²) in [6.07, 6.45) is 7.55. The third kappa shape index (κ3) is 5.09. The first-order chi connectivity index (χ1) is 11.9. The second-order valence-electron chi connectivity index (χ2n) is 7.65. The zero-order chi connectivity index (χ0) is 17.9. The topological polar surface area (TPSA) is 95.6 Å². The van der Waals surface area contributed by atoms with Gasteiger partial charge < -0.3 is 15.5 Å². The van der Waals surface area contributed by atoms with E-state index in [1.54, 1.807) is 4.90 Å². The van der Waals surface area contributed by atoms with E-state index in [-0.39, 0.29) is 35.4 Å². The van der Waals surface area contributed by atoms with Gasteiger partial charge in [-0.3, -0.25) is 4.79 Å². The van der Waals surface area contributed by atoms with Gasteiger partial charge in [0, 0.05) is 31.1 Å². The Morgan fingerprint density at radius 3 is 2.12 bits per heavy atom. The number of hydrogen-bond acceptors (Lipinski definition) is 4. The zero-order valence-corrected chi connectivity index (χ0v) is 15.5. The van der Waals surface area contributed by atoms with E-state index in [0.717, 1.165) is 12.8 Å². The van der Waals surface area contributed by atoms with Crippen molar-refractivity contribution in [2.75, 3.05) is 24.6 Å². The van der Waals surface area contributed by atoms with Crippen LogP contribution in [0, 0.1) is 5.92 Å². The fraction of sp³-hybridized carbons (Fsp3) is 0.882. The molecule has 1 saturated carbocycles. The normalized spacial score (nSPS) is 27.8. The number of rotatable bonds is 3. The third-order valence-electron chi connectivity index (χ3n) is 5.66. The predicted molar refractivity (Wildman–Crippen MR) is 94.9 cm³/mol. The van der Waals surface area contributed by atoms with Crippen molar-refractivity contribution >= 4 is 21.8 Å². The maximum atomic E-state index is 12.3. The molecule has 7 nitrogen and oxygen atoms in total. The number of piperidine rings is 1. The molecule has 25 heavy (non-hydrogen) atoms. The Labute approximate surface area is 149 Å². The Kier molecular flexibility index (Phi) is 5.86. The minimum atomic E-state index is -2.98. The van der Waals surface area contributed by atoms with Crippen LogP contribution in [0.4, 0.5) is 4.79 Å². The van der Waals surface area contributed by atoms with Crippen molar-refractivity contribution < 1.29 is 18.0 Å². The molecule has 3 amide bonds. The maximum absolute atomic E-state index is 12.3. The highest BCUT2D eigenvalue weighted by Gasteiger charge is 2.33. The highest BCUT2D eigenvalue weighted by atomic mass is 32.2. The van der Waals surface area contributed by atoms with Gasteiger partial charge in [-0.2, -0.15) is 0 Å². The first kappa shape index (κ1) is 18.5. The second-order valence-corrected chi connectivity index (χ2v) is 9.88. The number of sulfone groups is 1. The summed E-state index contributed by atoms with van der Waals surface area (Å²) in [4.78, 5) is 26.5. The Morgan fingerprint density at radius 2 is 1.52 bits per heavy atom. The van der Waals surface area contributed by atoms with Gasteiger partial charge >= 0.3 is 6.03 Å². The lowest BCUT2D eigenvalue weighted by Gasteiger charge is -2.33. The van der Waals surface area contributed by atoms with Crippen LogP contribution in [0.3, 0.4) is 0 Å². The van der Waals surface area contributed by atoms with E-state index in [4.69, 9.17) is 0 Å². The van der Waals surface area contributed by atoms with Crippen LogP contribution < -0.4 is 10.6 Å². The first-order valence-electron chi connectivity index (χ1n) is 9.49. The number of carbonyl (C=O) groups is 2.